The van der Waals surface area contributed by atoms with Crippen LogP contribution in [0.4, 0.5) is 0 Å². The van der Waals surface area contributed by atoms with Gasteiger partial charge in [-0.25, -0.2) is 0 Å². The van der Waals surface area contributed by atoms with E-state index in [4.69, 9.17) is 0 Å². The third-order valence-corrected chi connectivity index (χ3v) is 6.61. The third-order valence-electron chi connectivity index (χ3n) is 3.37. The third kappa shape index (κ3) is 2.98. The molecular formula is C12H15Br2NO2S. The van der Waals surface area contributed by atoms with Crippen LogP contribution in [0.3, 0.4) is 0 Å². The molecule has 18 heavy (non-hydrogen) atoms. The van der Waals surface area contributed by atoms with Gasteiger partial charge >= 0.3 is 0 Å². The molecule has 0 spiro atoms. The molecule has 2 unspecified atom stereocenters. The Hall–Kier alpha value is 0.0900. The van der Waals surface area contributed by atoms with E-state index in [-0.39, 0.29) is 18.1 Å². The van der Waals surface area contributed by atoms with E-state index in [9.17, 15) is 9.90 Å². The zero-order chi connectivity index (χ0) is 13.3. The number of rotatable bonds is 2. The highest BCUT2D eigenvalue weighted by Crippen LogP contribution is 2.33. The fraction of sp³-hybridized carbons (Fsp3) is 0.583. The van der Waals surface area contributed by atoms with Crippen LogP contribution < -0.4 is 0 Å². The van der Waals surface area contributed by atoms with Crippen LogP contribution in [0.2, 0.25) is 0 Å². The fourth-order valence-corrected chi connectivity index (χ4v) is 4.34. The van der Waals surface area contributed by atoms with Crippen LogP contribution >= 0.6 is 43.2 Å². The van der Waals surface area contributed by atoms with Gasteiger partial charge < -0.3 is 10.0 Å². The van der Waals surface area contributed by atoms with Gasteiger partial charge in [0.1, 0.15) is 0 Å². The highest BCUT2D eigenvalue weighted by atomic mass is 79.9. The predicted molar refractivity (Wildman–Crippen MR) is 80.1 cm³/mol. The van der Waals surface area contributed by atoms with Crippen molar-refractivity contribution in [2.45, 2.75) is 37.8 Å². The number of carbonyl (C=O) groups is 1. The first-order valence-corrected chi connectivity index (χ1v) is 8.31. The zero-order valence-electron chi connectivity index (χ0n) is 10.0. The summed E-state index contributed by atoms with van der Waals surface area (Å²) in [5, 5.41) is 9.99. The average molecular weight is 397 g/mol. The van der Waals surface area contributed by atoms with Gasteiger partial charge in [0.25, 0.3) is 5.91 Å². The lowest BCUT2D eigenvalue weighted by Crippen LogP contribution is -2.46. The van der Waals surface area contributed by atoms with Crippen LogP contribution in [0.25, 0.3) is 0 Å². The van der Waals surface area contributed by atoms with Crippen molar-refractivity contribution in [3.05, 3.63) is 19.2 Å². The van der Waals surface area contributed by atoms with Gasteiger partial charge in [-0.05, 0) is 50.8 Å². The Kier molecular flexibility index (Phi) is 4.86. The molecule has 2 atom stereocenters. The van der Waals surface area contributed by atoms with E-state index in [0.29, 0.717) is 4.88 Å². The highest BCUT2D eigenvalue weighted by molar-refractivity contribution is 9.13. The maximum Gasteiger partial charge on any atom is 0.264 e. The van der Waals surface area contributed by atoms with Crippen LogP contribution in [0.15, 0.2) is 14.3 Å². The summed E-state index contributed by atoms with van der Waals surface area (Å²) in [6.07, 6.45) is 3.42. The lowest BCUT2D eigenvalue weighted by Gasteiger charge is -2.34. The first-order valence-electron chi connectivity index (χ1n) is 5.90. The number of carbonyl (C=O) groups excluding carboxylic acids is 1. The van der Waals surface area contributed by atoms with Gasteiger partial charge in [0, 0.05) is 11.5 Å². The van der Waals surface area contributed by atoms with E-state index in [2.05, 4.69) is 31.9 Å². The number of hydrogen-bond acceptors (Lipinski definition) is 3. The average Bonchev–Trinajstić information content (AvgIpc) is 2.68. The molecule has 1 heterocycles. The first kappa shape index (κ1) is 14.5. The summed E-state index contributed by atoms with van der Waals surface area (Å²) in [7, 11) is 1.78. The SMILES string of the molecule is CN(C(=O)c1cc(Br)c(Br)s1)C1CCCCC1O. The normalized spacial score (nSPS) is 24.0. The van der Waals surface area contributed by atoms with Gasteiger partial charge in [-0.1, -0.05) is 12.8 Å². The Balaban J connectivity index is 2.12. The van der Waals surface area contributed by atoms with Crippen molar-refractivity contribution in [1.82, 2.24) is 4.90 Å². The van der Waals surface area contributed by atoms with E-state index >= 15 is 0 Å². The molecule has 0 bridgehead atoms. The lowest BCUT2D eigenvalue weighted by molar-refractivity contribution is 0.0271. The number of halogens is 2. The number of nitrogens with zero attached hydrogens (tertiary/aromatic N) is 1. The Bertz CT molecular complexity index is 430. The van der Waals surface area contributed by atoms with Gasteiger partial charge in [-0.15, -0.1) is 11.3 Å². The van der Waals surface area contributed by atoms with Gasteiger partial charge in [-0.2, -0.15) is 0 Å². The smallest absolute Gasteiger partial charge is 0.264 e. The summed E-state index contributed by atoms with van der Waals surface area (Å²) in [6, 6.07) is 1.77. The molecular weight excluding hydrogens is 382 g/mol. The van der Waals surface area contributed by atoms with Gasteiger partial charge in [0.2, 0.25) is 0 Å². The molecule has 1 aromatic rings. The number of hydrogen-bond donors (Lipinski definition) is 1. The lowest BCUT2D eigenvalue weighted by atomic mass is 9.91. The number of aliphatic hydroxyl groups is 1. The van der Waals surface area contributed by atoms with E-state index in [1.54, 1.807) is 11.9 Å². The monoisotopic (exact) mass is 395 g/mol. The maximum atomic E-state index is 12.3. The molecule has 1 amide bonds. The van der Waals surface area contributed by atoms with Crippen LogP contribution in [0.1, 0.15) is 35.4 Å². The summed E-state index contributed by atoms with van der Waals surface area (Å²) in [6.45, 7) is 0. The summed E-state index contributed by atoms with van der Waals surface area (Å²) >= 11 is 8.19. The number of thiophene rings is 1. The van der Waals surface area contributed by atoms with Gasteiger partial charge in [-0.3, -0.25) is 4.79 Å². The largest absolute Gasteiger partial charge is 0.391 e. The molecule has 0 radical (unpaired) electrons. The Morgan fingerprint density at radius 1 is 1.44 bits per heavy atom. The molecule has 0 saturated heterocycles. The van der Waals surface area contributed by atoms with E-state index in [1.165, 1.54) is 11.3 Å². The zero-order valence-corrected chi connectivity index (χ0v) is 14.0. The summed E-state index contributed by atoms with van der Waals surface area (Å²) in [5.74, 6) is -0.0163. The minimum Gasteiger partial charge on any atom is -0.391 e. The molecule has 1 aliphatic rings. The second kappa shape index (κ2) is 6.03. The first-order chi connectivity index (χ1) is 8.50. The van der Waals surface area contributed by atoms with Crippen molar-refractivity contribution in [1.29, 1.82) is 0 Å². The molecule has 3 nitrogen and oxygen atoms in total. The summed E-state index contributed by atoms with van der Waals surface area (Å²) < 4.78 is 1.82. The molecule has 1 fully saturated rings. The van der Waals surface area contributed by atoms with Crippen molar-refractivity contribution >= 4 is 49.1 Å². The van der Waals surface area contributed by atoms with E-state index in [1.807, 2.05) is 6.07 Å². The van der Waals surface area contributed by atoms with Crippen LogP contribution in [-0.2, 0) is 0 Å². The molecule has 1 saturated carbocycles. The molecule has 6 heteroatoms. The van der Waals surface area contributed by atoms with Crippen LogP contribution in [-0.4, -0.2) is 35.1 Å². The van der Waals surface area contributed by atoms with Crippen molar-refractivity contribution < 1.29 is 9.90 Å². The molecule has 0 aromatic carbocycles. The minimum atomic E-state index is -0.389. The summed E-state index contributed by atoms with van der Waals surface area (Å²) in [5.41, 5.74) is 0. The number of amides is 1. The molecule has 1 aromatic heterocycles. The second-order valence-electron chi connectivity index (χ2n) is 4.57. The standard InChI is InChI=1S/C12H15Br2NO2S/c1-15(8-4-2-3-5-9(8)16)12(17)10-6-7(13)11(14)18-10/h6,8-9,16H,2-5H2,1H3. The number of likely N-dealkylation sites (N-methyl/N-ethyl adjacent to an activating group) is 1. The quantitative estimate of drug-likeness (QED) is 0.828. The van der Waals surface area contributed by atoms with Crippen molar-refractivity contribution in [3.8, 4) is 0 Å². The van der Waals surface area contributed by atoms with E-state index < -0.39 is 0 Å². The Morgan fingerprint density at radius 2 is 2.11 bits per heavy atom. The predicted octanol–water partition coefficient (Wildman–Crippen LogP) is 3.65. The minimum absolute atomic E-state index is 0.0163. The molecule has 1 aliphatic carbocycles. The Morgan fingerprint density at radius 3 is 2.67 bits per heavy atom. The van der Waals surface area contributed by atoms with Gasteiger partial charge in [0.15, 0.2) is 0 Å². The molecule has 2 rings (SSSR count). The van der Waals surface area contributed by atoms with Crippen LogP contribution in [0.5, 0.6) is 0 Å². The highest BCUT2D eigenvalue weighted by Gasteiger charge is 2.30. The Labute approximate surface area is 127 Å². The topological polar surface area (TPSA) is 40.5 Å². The fourth-order valence-electron chi connectivity index (χ4n) is 2.32. The number of aliphatic hydroxyl groups excluding tert-OH is 1. The summed E-state index contributed by atoms with van der Waals surface area (Å²) in [4.78, 5) is 14.7. The van der Waals surface area contributed by atoms with Crippen LogP contribution in [0, 0.1) is 0 Å². The van der Waals surface area contributed by atoms with Crippen molar-refractivity contribution in [2.75, 3.05) is 7.05 Å². The molecule has 1 N–H and O–H groups in total. The molecule has 0 aliphatic heterocycles. The maximum absolute atomic E-state index is 12.3. The van der Waals surface area contributed by atoms with Crippen molar-refractivity contribution in [3.63, 3.8) is 0 Å². The van der Waals surface area contributed by atoms with Gasteiger partial charge in [0.05, 0.1) is 20.8 Å². The second-order valence-corrected chi connectivity index (χ2v) is 7.79. The van der Waals surface area contributed by atoms with Crippen molar-refractivity contribution in [2.24, 2.45) is 0 Å². The van der Waals surface area contributed by atoms with E-state index in [0.717, 1.165) is 33.9 Å². The molecule has 100 valence electrons.